The van der Waals surface area contributed by atoms with Gasteiger partial charge in [0.2, 0.25) is 0 Å². The third kappa shape index (κ3) is 3.28. The molecule has 0 aromatic rings. The maximum atomic E-state index is 11.9. The van der Waals surface area contributed by atoms with Crippen LogP contribution in [0, 0.1) is 56.7 Å². The van der Waals surface area contributed by atoms with Crippen LogP contribution < -0.4 is 0 Å². The standard InChI is InChI=1S/C32H52O3/c1-20(2)22-11-16-32(19-33)18-17-30(7)23(27(22)32)9-10-25-29(6)14-13-26(35-21(3)34)28(4,5)24(29)12-15-31(25,30)8/h22-27,33H,1,9-19H2,2-8H3/t22-,23+,24?,25+,26-,27?,29-,30+,31+,32+/m0/s1. The number of ether oxygens (including phenoxy) is 1. The van der Waals surface area contributed by atoms with Crippen molar-refractivity contribution in [1.82, 2.24) is 0 Å². The zero-order valence-corrected chi connectivity index (χ0v) is 23.7. The summed E-state index contributed by atoms with van der Waals surface area (Å²) >= 11 is 0. The minimum atomic E-state index is -0.126. The number of carbonyl (C=O) groups excluding carboxylic acids is 1. The van der Waals surface area contributed by atoms with E-state index in [0.717, 1.165) is 12.3 Å². The Bertz CT molecular complexity index is 891. The van der Waals surface area contributed by atoms with E-state index in [0.29, 0.717) is 46.5 Å². The van der Waals surface area contributed by atoms with E-state index in [4.69, 9.17) is 4.74 Å². The number of allylic oxidation sites excluding steroid dienone is 1. The first-order valence-electron chi connectivity index (χ1n) is 14.7. The number of aliphatic hydroxyl groups excluding tert-OH is 1. The highest BCUT2D eigenvalue weighted by Gasteiger charge is 2.71. The average molecular weight is 485 g/mol. The summed E-state index contributed by atoms with van der Waals surface area (Å²) in [5, 5.41) is 10.7. The van der Waals surface area contributed by atoms with Gasteiger partial charge in [-0.25, -0.2) is 0 Å². The van der Waals surface area contributed by atoms with E-state index >= 15 is 0 Å². The lowest BCUT2D eigenvalue weighted by atomic mass is 9.32. The molecule has 1 N–H and O–H groups in total. The van der Waals surface area contributed by atoms with Gasteiger partial charge in [-0.15, -0.1) is 0 Å². The molecule has 0 aliphatic heterocycles. The van der Waals surface area contributed by atoms with Gasteiger partial charge in [0.25, 0.3) is 0 Å². The second-order valence-electron chi connectivity index (χ2n) is 15.2. The van der Waals surface area contributed by atoms with Crippen LogP contribution in [-0.4, -0.2) is 23.8 Å². The Balaban J connectivity index is 1.51. The molecule has 5 aliphatic rings. The van der Waals surface area contributed by atoms with Gasteiger partial charge in [0, 0.05) is 18.9 Å². The van der Waals surface area contributed by atoms with Gasteiger partial charge in [0.1, 0.15) is 6.10 Å². The van der Waals surface area contributed by atoms with Crippen molar-refractivity contribution in [3.63, 3.8) is 0 Å². The van der Waals surface area contributed by atoms with Gasteiger partial charge in [-0.3, -0.25) is 4.79 Å². The van der Waals surface area contributed by atoms with Crippen LogP contribution in [0.3, 0.4) is 0 Å². The van der Waals surface area contributed by atoms with Crippen LogP contribution in [0.1, 0.15) is 113 Å². The minimum Gasteiger partial charge on any atom is -0.462 e. The number of hydrogen-bond donors (Lipinski definition) is 1. The van der Waals surface area contributed by atoms with Crippen LogP contribution in [0.15, 0.2) is 12.2 Å². The van der Waals surface area contributed by atoms with Crippen LogP contribution >= 0.6 is 0 Å². The lowest BCUT2D eigenvalue weighted by Crippen LogP contribution is -2.67. The van der Waals surface area contributed by atoms with Crippen LogP contribution in [0.2, 0.25) is 0 Å². The molecule has 0 radical (unpaired) electrons. The Kier molecular flexibility index (Phi) is 5.96. The summed E-state index contributed by atoms with van der Waals surface area (Å²) in [7, 11) is 0. The fourth-order valence-electron chi connectivity index (χ4n) is 11.9. The van der Waals surface area contributed by atoms with Crippen molar-refractivity contribution in [3.05, 3.63) is 12.2 Å². The highest BCUT2D eigenvalue weighted by atomic mass is 16.5. The molecule has 0 aromatic carbocycles. The van der Waals surface area contributed by atoms with E-state index in [1.54, 1.807) is 6.92 Å². The lowest BCUT2D eigenvalue weighted by Gasteiger charge is -2.73. The Hall–Kier alpha value is -0.830. The molecule has 0 saturated heterocycles. The van der Waals surface area contributed by atoms with E-state index < -0.39 is 0 Å². The average Bonchev–Trinajstić information content (AvgIpc) is 3.16. The molecule has 3 nitrogen and oxygen atoms in total. The first kappa shape index (κ1) is 25.8. The molecule has 5 rings (SSSR count). The monoisotopic (exact) mass is 484 g/mol. The van der Waals surface area contributed by atoms with E-state index in [1.807, 2.05) is 0 Å². The van der Waals surface area contributed by atoms with Crippen LogP contribution in [-0.2, 0) is 9.53 Å². The Morgan fingerprint density at radius 2 is 1.57 bits per heavy atom. The molecule has 5 saturated carbocycles. The van der Waals surface area contributed by atoms with Gasteiger partial charge in [0.15, 0.2) is 0 Å². The summed E-state index contributed by atoms with van der Waals surface area (Å²) in [5.74, 6) is 3.07. The SMILES string of the molecule is C=C(C)[C@@H]1CC[C@]2(CO)CC[C@]3(C)[C@H](CC[C@@H]4[C@@]5(C)CC[C@H](OC(C)=O)C(C)(C)C5CC[C@]43C)C12. The van der Waals surface area contributed by atoms with E-state index in [2.05, 4.69) is 48.1 Å². The predicted molar refractivity (Wildman–Crippen MR) is 142 cm³/mol. The topological polar surface area (TPSA) is 46.5 Å². The normalized spacial score (nSPS) is 52.5. The second kappa shape index (κ2) is 8.08. The van der Waals surface area contributed by atoms with Gasteiger partial charge in [-0.05, 0) is 122 Å². The van der Waals surface area contributed by atoms with Gasteiger partial charge in [-0.2, -0.15) is 0 Å². The van der Waals surface area contributed by atoms with Gasteiger partial charge < -0.3 is 9.84 Å². The molecule has 0 bridgehead atoms. The summed E-state index contributed by atoms with van der Waals surface area (Å²) in [5.41, 5.74) is 2.45. The predicted octanol–water partition coefficient (Wildman–Crippen LogP) is 7.57. The molecule has 2 unspecified atom stereocenters. The number of fused-ring (bicyclic) bond motifs is 7. The van der Waals surface area contributed by atoms with Crippen LogP contribution in [0.4, 0.5) is 0 Å². The molecule has 0 spiro atoms. The molecule has 5 aliphatic carbocycles. The van der Waals surface area contributed by atoms with Crippen molar-refractivity contribution < 1.29 is 14.6 Å². The number of aliphatic hydroxyl groups is 1. The second-order valence-corrected chi connectivity index (χ2v) is 15.2. The maximum Gasteiger partial charge on any atom is 0.302 e. The zero-order valence-electron chi connectivity index (χ0n) is 23.7. The van der Waals surface area contributed by atoms with Crippen molar-refractivity contribution in [2.45, 2.75) is 119 Å². The van der Waals surface area contributed by atoms with Crippen LogP contribution in [0.5, 0.6) is 0 Å². The van der Waals surface area contributed by atoms with Crippen molar-refractivity contribution in [2.24, 2.45) is 56.7 Å². The number of hydrogen-bond acceptors (Lipinski definition) is 3. The minimum absolute atomic E-state index is 0.0207. The summed E-state index contributed by atoms with van der Waals surface area (Å²) < 4.78 is 5.90. The summed E-state index contributed by atoms with van der Waals surface area (Å²) in [4.78, 5) is 11.9. The molecular formula is C32H52O3. The quantitative estimate of drug-likeness (QED) is 0.332. The fraction of sp³-hybridized carbons (Fsp3) is 0.906. The third-order valence-electron chi connectivity index (χ3n) is 13.8. The largest absolute Gasteiger partial charge is 0.462 e. The van der Waals surface area contributed by atoms with Crippen molar-refractivity contribution >= 4 is 5.97 Å². The Labute approximate surface area is 214 Å². The van der Waals surface area contributed by atoms with Gasteiger partial charge in [-0.1, -0.05) is 46.8 Å². The van der Waals surface area contributed by atoms with Gasteiger partial charge >= 0.3 is 5.97 Å². The van der Waals surface area contributed by atoms with E-state index in [-0.39, 0.29) is 22.9 Å². The van der Waals surface area contributed by atoms with Crippen molar-refractivity contribution in [2.75, 3.05) is 6.61 Å². The number of rotatable bonds is 3. The molecule has 0 heterocycles. The maximum absolute atomic E-state index is 11.9. The molecular weight excluding hydrogens is 432 g/mol. The highest BCUT2D eigenvalue weighted by Crippen LogP contribution is 2.77. The summed E-state index contributed by atoms with van der Waals surface area (Å²) in [6.07, 6.45) is 12.2. The summed E-state index contributed by atoms with van der Waals surface area (Å²) in [6, 6.07) is 0. The molecule has 10 atom stereocenters. The Morgan fingerprint density at radius 3 is 2.20 bits per heavy atom. The smallest absolute Gasteiger partial charge is 0.302 e. The molecule has 198 valence electrons. The molecule has 5 fully saturated rings. The molecule has 35 heavy (non-hydrogen) atoms. The highest BCUT2D eigenvalue weighted by molar-refractivity contribution is 5.66. The van der Waals surface area contributed by atoms with E-state index in [9.17, 15) is 9.90 Å². The third-order valence-corrected chi connectivity index (χ3v) is 13.8. The molecule has 0 amide bonds. The number of carbonyl (C=O) groups is 1. The molecule has 0 aromatic heterocycles. The van der Waals surface area contributed by atoms with Crippen molar-refractivity contribution in [3.8, 4) is 0 Å². The van der Waals surface area contributed by atoms with Crippen molar-refractivity contribution in [1.29, 1.82) is 0 Å². The van der Waals surface area contributed by atoms with Crippen LogP contribution in [0.25, 0.3) is 0 Å². The first-order valence-corrected chi connectivity index (χ1v) is 14.7. The van der Waals surface area contributed by atoms with E-state index in [1.165, 1.54) is 63.4 Å². The number of esters is 1. The lowest BCUT2D eigenvalue weighted by molar-refractivity contribution is -0.251. The molecule has 3 heteroatoms. The Morgan fingerprint density at radius 1 is 0.857 bits per heavy atom. The first-order chi connectivity index (χ1) is 16.3. The fourth-order valence-corrected chi connectivity index (χ4v) is 11.9. The summed E-state index contributed by atoms with van der Waals surface area (Å²) in [6.45, 7) is 21.3. The zero-order chi connectivity index (χ0) is 25.6. The van der Waals surface area contributed by atoms with Gasteiger partial charge in [0.05, 0.1) is 0 Å².